The summed E-state index contributed by atoms with van der Waals surface area (Å²) in [5.41, 5.74) is -1.30. The Morgan fingerprint density at radius 3 is 2.47 bits per heavy atom. The van der Waals surface area contributed by atoms with Gasteiger partial charge in [0.05, 0.1) is 11.7 Å². The molecule has 0 spiro atoms. The molecule has 0 aliphatic heterocycles. The van der Waals surface area contributed by atoms with E-state index in [0.717, 1.165) is 19.3 Å². The van der Waals surface area contributed by atoms with Gasteiger partial charge in [0.15, 0.2) is 0 Å². The molecule has 1 fully saturated rings. The van der Waals surface area contributed by atoms with Crippen LogP contribution in [0.25, 0.3) is 0 Å². The summed E-state index contributed by atoms with van der Waals surface area (Å²) in [7, 11) is 0. The lowest BCUT2D eigenvalue weighted by molar-refractivity contribution is -0.149. The number of rotatable bonds is 1. The third-order valence-electron chi connectivity index (χ3n) is 5.51. The van der Waals surface area contributed by atoms with Crippen LogP contribution < -0.4 is 0 Å². The van der Waals surface area contributed by atoms with Crippen LogP contribution in [-0.4, -0.2) is 33.0 Å². The van der Waals surface area contributed by atoms with Gasteiger partial charge in [-0.15, -0.1) is 0 Å². The van der Waals surface area contributed by atoms with Crippen LogP contribution in [0, 0.1) is 17.3 Å². The highest BCUT2D eigenvalue weighted by atomic mass is 16.4. The molecule has 0 radical (unpaired) electrons. The van der Waals surface area contributed by atoms with Gasteiger partial charge in [-0.2, -0.15) is 0 Å². The lowest BCUT2D eigenvalue weighted by Gasteiger charge is -2.52. The maximum Gasteiger partial charge on any atom is 0.331 e. The number of hydrogen-bond donors (Lipinski definition) is 3. The van der Waals surface area contributed by atoms with Crippen LogP contribution in [0.15, 0.2) is 11.6 Å². The van der Waals surface area contributed by atoms with Crippen molar-refractivity contribution in [1.29, 1.82) is 0 Å². The van der Waals surface area contributed by atoms with Crippen molar-refractivity contribution in [3.63, 3.8) is 0 Å². The standard InChI is InChI=1S/C15H24O4/c1-9-4-6-14(3)7-5-12(16)10(2)15(14,19)8-11(9)13(17)18/h8-10,12,16,19H,4-7H2,1-3H3,(H,17,18). The molecule has 0 saturated heterocycles. The average molecular weight is 268 g/mol. The molecule has 108 valence electrons. The van der Waals surface area contributed by atoms with Crippen LogP contribution in [-0.2, 0) is 4.79 Å². The molecule has 4 heteroatoms. The fourth-order valence-electron chi connectivity index (χ4n) is 3.73. The SMILES string of the molecule is CC1CCC2(C)CCC(O)C(C)C2(O)C=C1C(=O)O. The van der Waals surface area contributed by atoms with E-state index in [0.29, 0.717) is 6.42 Å². The second kappa shape index (κ2) is 4.60. The summed E-state index contributed by atoms with van der Waals surface area (Å²) in [6.45, 7) is 5.72. The number of hydrogen-bond acceptors (Lipinski definition) is 3. The molecule has 1 saturated carbocycles. The van der Waals surface area contributed by atoms with Gasteiger partial charge in [-0.3, -0.25) is 0 Å². The zero-order valence-electron chi connectivity index (χ0n) is 11.9. The minimum atomic E-state index is -1.23. The van der Waals surface area contributed by atoms with Crippen LogP contribution in [0.2, 0.25) is 0 Å². The predicted octanol–water partition coefficient (Wildman–Crippen LogP) is 1.96. The van der Waals surface area contributed by atoms with Crippen molar-refractivity contribution in [2.75, 3.05) is 0 Å². The quantitative estimate of drug-likeness (QED) is 0.679. The van der Waals surface area contributed by atoms with Gasteiger partial charge in [-0.25, -0.2) is 4.79 Å². The van der Waals surface area contributed by atoms with Crippen LogP contribution in [0.4, 0.5) is 0 Å². The van der Waals surface area contributed by atoms with Gasteiger partial charge >= 0.3 is 5.97 Å². The third-order valence-corrected chi connectivity index (χ3v) is 5.51. The van der Waals surface area contributed by atoms with Crippen LogP contribution in [0.3, 0.4) is 0 Å². The highest BCUT2D eigenvalue weighted by Gasteiger charge is 2.55. The van der Waals surface area contributed by atoms with Gasteiger partial charge < -0.3 is 15.3 Å². The van der Waals surface area contributed by atoms with Crippen molar-refractivity contribution in [3.05, 3.63) is 11.6 Å². The number of carboxylic acid groups (broad SMARTS) is 1. The van der Waals surface area contributed by atoms with E-state index < -0.39 is 17.7 Å². The highest BCUT2D eigenvalue weighted by molar-refractivity contribution is 5.87. The number of aliphatic hydroxyl groups is 2. The molecule has 0 aromatic rings. The molecule has 2 aliphatic rings. The van der Waals surface area contributed by atoms with Crippen LogP contribution in [0.1, 0.15) is 46.5 Å². The predicted molar refractivity (Wildman–Crippen MR) is 71.6 cm³/mol. The van der Waals surface area contributed by atoms with E-state index in [2.05, 4.69) is 0 Å². The summed E-state index contributed by atoms with van der Waals surface area (Å²) in [6.07, 6.45) is 3.91. The van der Waals surface area contributed by atoms with Gasteiger partial charge in [0, 0.05) is 16.9 Å². The van der Waals surface area contributed by atoms with Gasteiger partial charge in [-0.1, -0.05) is 20.8 Å². The molecule has 3 N–H and O–H groups in total. The summed E-state index contributed by atoms with van der Waals surface area (Å²) in [5.74, 6) is -1.36. The Bertz CT molecular complexity index is 416. The summed E-state index contributed by atoms with van der Waals surface area (Å²) in [4.78, 5) is 11.4. The molecular weight excluding hydrogens is 244 g/mol. The maximum absolute atomic E-state index is 11.4. The molecule has 5 unspecified atom stereocenters. The Labute approximate surface area is 114 Å². The summed E-state index contributed by atoms with van der Waals surface area (Å²) >= 11 is 0. The number of aliphatic carboxylic acids is 1. The third kappa shape index (κ3) is 2.11. The molecule has 4 nitrogen and oxygen atoms in total. The second-order valence-electron chi connectivity index (χ2n) is 6.63. The number of carboxylic acids is 1. The first-order chi connectivity index (χ1) is 8.71. The van der Waals surface area contributed by atoms with E-state index in [1.165, 1.54) is 6.08 Å². The van der Waals surface area contributed by atoms with Crippen LogP contribution in [0.5, 0.6) is 0 Å². The number of aliphatic hydroxyl groups excluding tert-OH is 1. The van der Waals surface area contributed by atoms with Crippen molar-refractivity contribution in [1.82, 2.24) is 0 Å². The molecule has 2 rings (SSSR count). The van der Waals surface area contributed by atoms with E-state index >= 15 is 0 Å². The van der Waals surface area contributed by atoms with E-state index in [-0.39, 0.29) is 22.8 Å². The molecule has 0 bridgehead atoms. The normalized spacial score (nSPS) is 47.0. The summed E-state index contributed by atoms with van der Waals surface area (Å²) in [6, 6.07) is 0. The molecule has 5 atom stereocenters. The molecule has 0 aromatic heterocycles. The molecule has 19 heavy (non-hydrogen) atoms. The zero-order chi connectivity index (χ0) is 14.4. The minimum absolute atomic E-state index is 0.0618. The molecule has 2 aliphatic carbocycles. The first-order valence-electron chi connectivity index (χ1n) is 7.08. The lowest BCUT2D eigenvalue weighted by atomic mass is 9.57. The van der Waals surface area contributed by atoms with Crippen molar-refractivity contribution in [2.45, 2.75) is 58.2 Å². The smallest absolute Gasteiger partial charge is 0.331 e. The highest BCUT2D eigenvalue weighted by Crippen LogP contribution is 2.53. The average Bonchev–Trinajstić information content (AvgIpc) is 2.45. The fourth-order valence-corrected chi connectivity index (χ4v) is 3.73. The molecule has 0 amide bonds. The van der Waals surface area contributed by atoms with Gasteiger partial charge in [-0.05, 0) is 37.7 Å². The van der Waals surface area contributed by atoms with E-state index in [1.807, 2.05) is 20.8 Å². The van der Waals surface area contributed by atoms with E-state index in [4.69, 9.17) is 0 Å². The minimum Gasteiger partial charge on any atom is -0.478 e. The largest absolute Gasteiger partial charge is 0.478 e. The summed E-state index contributed by atoms with van der Waals surface area (Å²) in [5, 5.41) is 30.5. The Morgan fingerprint density at radius 1 is 1.32 bits per heavy atom. The second-order valence-corrected chi connectivity index (χ2v) is 6.63. The van der Waals surface area contributed by atoms with Crippen LogP contribution >= 0.6 is 0 Å². The Balaban J connectivity index is 2.53. The van der Waals surface area contributed by atoms with Crippen molar-refractivity contribution in [3.8, 4) is 0 Å². The monoisotopic (exact) mass is 268 g/mol. The molecular formula is C15H24O4. The van der Waals surface area contributed by atoms with Crippen molar-refractivity contribution < 1.29 is 20.1 Å². The topological polar surface area (TPSA) is 77.8 Å². The molecule has 0 heterocycles. The Kier molecular flexibility index (Phi) is 3.52. The molecule has 0 aromatic carbocycles. The van der Waals surface area contributed by atoms with Crippen molar-refractivity contribution in [2.24, 2.45) is 17.3 Å². The first-order valence-corrected chi connectivity index (χ1v) is 7.08. The zero-order valence-corrected chi connectivity index (χ0v) is 11.9. The van der Waals surface area contributed by atoms with Gasteiger partial charge in [0.1, 0.15) is 0 Å². The maximum atomic E-state index is 11.4. The van der Waals surface area contributed by atoms with E-state index in [1.54, 1.807) is 0 Å². The number of carbonyl (C=O) groups is 1. The fraction of sp³-hybridized carbons (Fsp3) is 0.800. The van der Waals surface area contributed by atoms with Gasteiger partial charge in [0.2, 0.25) is 0 Å². The van der Waals surface area contributed by atoms with Gasteiger partial charge in [0.25, 0.3) is 0 Å². The Morgan fingerprint density at radius 2 is 1.89 bits per heavy atom. The first kappa shape index (κ1) is 14.5. The Hall–Kier alpha value is -0.870. The summed E-state index contributed by atoms with van der Waals surface area (Å²) < 4.78 is 0. The van der Waals surface area contributed by atoms with Crippen molar-refractivity contribution >= 4 is 5.97 Å². The number of fused-ring (bicyclic) bond motifs is 1. The van der Waals surface area contributed by atoms with E-state index in [9.17, 15) is 20.1 Å². The lowest BCUT2D eigenvalue weighted by Crippen LogP contribution is -2.57.